The smallest absolute Gasteiger partial charge is 0.489 e. The Morgan fingerprint density at radius 3 is 2.38 bits per heavy atom. The fourth-order valence-corrected chi connectivity index (χ4v) is 5.32. The fraction of sp³-hybridized carbons (Fsp3) is 0.308. The van der Waals surface area contributed by atoms with E-state index < -0.39 is 23.6 Å². The van der Waals surface area contributed by atoms with Crippen molar-refractivity contribution in [1.29, 1.82) is 0 Å². The van der Waals surface area contributed by atoms with Gasteiger partial charge in [0, 0.05) is 28.0 Å². The molecule has 0 spiro atoms. The maximum Gasteiger partial charge on any atom is 0.490 e. The number of pyridine rings is 1. The molecule has 4 rings (SSSR count). The van der Waals surface area contributed by atoms with Gasteiger partial charge in [-0.2, -0.15) is 24.9 Å². The van der Waals surface area contributed by atoms with Crippen LogP contribution in [-0.4, -0.2) is 56.3 Å². The maximum atomic E-state index is 12.8. The van der Waals surface area contributed by atoms with E-state index in [-0.39, 0.29) is 12.3 Å². The molecule has 2 heterocycles. The topological polar surface area (TPSA) is 138 Å². The first kappa shape index (κ1) is 29.7. The van der Waals surface area contributed by atoms with Crippen molar-refractivity contribution in [1.82, 2.24) is 15.8 Å². The number of aromatic nitrogens is 1. The summed E-state index contributed by atoms with van der Waals surface area (Å²) >= 11 is 1.68. The van der Waals surface area contributed by atoms with Crippen LogP contribution in [0.4, 0.5) is 13.2 Å². The zero-order chi connectivity index (χ0) is 28.6. The predicted molar refractivity (Wildman–Crippen MR) is 138 cm³/mol. The quantitative estimate of drug-likeness (QED) is 0.246. The van der Waals surface area contributed by atoms with Gasteiger partial charge in [-0.1, -0.05) is 18.2 Å². The van der Waals surface area contributed by atoms with Crippen LogP contribution in [0.2, 0.25) is 0 Å². The van der Waals surface area contributed by atoms with E-state index in [1.54, 1.807) is 41.5 Å². The van der Waals surface area contributed by atoms with Crippen LogP contribution in [-0.2, 0) is 16.2 Å². The van der Waals surface area contributed by atoms with Crippen molar-refractivity contribution >= 4 is 40.4 Å². The number of hydroxylamine groups is 1. The monoisotopic (exact) mass is 565 g/mol. The van der Waals surface area contributed by atoms with Gasteiger partial charge in [0.25, 0.3) is 5.91 Å². The van der Waals surface area contributed by atoms with Crippen molar-refractivity contribution in [3.63, 3.8) is 0 Å². The minimum absolute atomic E-state index is 0.0444. The Bertz CT molecular complexity index is 1330. The molecule has 0 saturated carbocycles. The number of ether oxygens (including phenoxy) is 1. The normalized spacial score (nSPS) is 16.6. The van der Waals surface area contributed by atoms with Gasteiger partial charge in [0.05, 0.1) is 17.5 Å². The van der Waals surface area contributed by atoms with Crippen LogP contribution in [0.1, 0.15) is 34.5 Å². The molecular formula is C26H26F3N3O6S. The average molecular weight is 566 g/mol. The van der Waals surface area contributed by atoms with Crippen LogP contribution in [0.3, 0.4) is 0 Å². The summed E-state index contributed by atoms with van der Waals surface area (Å²) in [6.45, 7) is 2.36. The van der Waals surface area contributed by atoms with Crippen LogP contribution < -0.4 is 15.5 Å². The van der Waals surface area contributed by atoms with Gasteiger partial charge in [0.15, 0.2) is 0 Å². The zero-order valence-corrected chi connectivity index (χ0v) is 21.6. The first-order valence-electron chi connectivity index (χ1n) is 11.6. The van der Waals surface area contributed by atoms with E-state index >= 15 is 0 Å². The van der Waals surface area contributed by atoms with E-state index in [9.17, 15) is 22.8 Å². The molecule has 2 amide bonds. The lowest BCUT2D eigenvalue weighted by Gasteiger charge is -2.28. The molecule has 0 bridgehead atoms. The van der Waals surface area contributed by atoms with Crippen molar-refractivity contribution in [3.8, 4) is 5.75 Å². The summed E-state index contributed by atoms with van der Waals surface area (Å²) < 4.78 is 37.7. The van der Waals surface area contributed by atoms with E-state index in [1.165, 1.54) is 0 Å². The van der Waals surface area contributed by atoms with Gasteiger partial charge in [-0.15, -0.1) is 0 Å². The molecule has 1 aliphatic rings. The first-order chi connectivity index (χ1) is 18.4. The van der Waals surface area contributed by atoms with Crippen LogP contribution in [0.15, 0.2) is 54.6 Å². The summed E-state index contributed by atoms with van der Waals surface area (Å²) in [6, 6.07) is 16.9. The maximum absolute atomic E-state index is 12.8. The van der Waals surface area contributed by atoms with E-state index in [0.717, 1.165) is 27.9 Å². The molecule has 0 unspecified atom stereocenters. The molecule has 1 aromatic heterocycles. The average Bonchev–Trinajstić information content (AvgIpc) is 3.34. The summed E-state index contributed by atoms with van der Waals surface area (Å²) in [6.07, 6.45) is -4.36. The Kier molecular flexibility index (Phi) is 9.76. The summed E-state index contributed by atoms with van der Waals surface area (Å²) in [4.78, 5) is 37.9. The van der Waals surface area contributed by atoms with Gasteiger partial charge in [-0.25, -0.2) is 10.3 Å². The molecule has 1 atom stereocenters. The standard InChI is InChI=1S/C24H25N3O4S.C2HF3O2/c1-16-12-18(20-4-2-3-5-21(20)25-16)14-31-19-8-6-17(7-9-19)23(29)26-24(10-11-32-15-24)13-22(28)27-30;3-2(4,5)1(6)7/h2-9,12,30H,10-11,13-15H2,1H3,(H,26,29)(H,27,28);(H,6,7)/t24-;/m1./s1. The summed E-state index contributed by atoms with van der Waals surface area (Å²) in [5, 5.41) is 20.0. The van der Waals surface area contributed by atoms with Crippen molar-refractivity contribution in [2.45, 2.75) is 38.1 Å². The van der Waals surface area contributed by atoms with Gasteiger partial charge in [-0.3, -0.25) is 19.8 Å². The lowest BCUT2D eigenvalue weighted by atomic mass is 9.93. The Morgan fingerprint density at radius 1 is 1.13 bits per heavy atom. The van der Waals surface area contributed by atoms with Crippen LogP contribution >= 0.6 is 11.8 Å². The van der Waals surface area contributed by atoms with Crippen molar-refractivity contribution in [2.75, 3.05) is 11.5 Å². The predicted octanol–water partition coefficient (Wildman–Crippen LogP) is 4.26. The van der Waals surface area contributed by atoms with Crippen LogP contribution in [0.25, 0.3) is 10.9 Å². The number of rotatable bonds is 7. The molecule has 1 saturated heterocycles. The molecule has 2 aromatic carbocycles. The lowest BCUT2D eigenvalue weighted by Crippen LogP contribution is -2.51. The van der Waals surface area contributed by atoms with Gasteiger partial charge >= 0.3 is 12.1 Å². The molecule has 9 nitrogen and oxygen atoms in total. The highest BCUT2D eigenvalue weighted by molar-refractivity contribution is 7.99. The molecule has 4 N–H and O–H groups in total. The van der Waals surface area contributed by atoms with Gasteiger partial charge < -0.3 is 15.2 Å². The minimum Gasteiger partial charge on any atom is -0.489 e. The Hall–Kier alpha value is -3.84. The highest BCUT2D eigenvalue weighted by Gasteiger charge is 2.39. The third-order valence-electron chi connectivity index (χ3n) is 5.79. The number of nitrogens with one attached hydrogen (secondary N) is 2. The van der Waals surface area contributed by atoms with E-state index in [2.05, 4.69) is 10.3 Å². The number of aryl methyl sites for hydroxylation is 1. The lowest BCUT2D eigenvalue weighted by molar-refractivity contribution is -0.192. The van der Waals surface area contributed by atoms with Gasteiger partial charge in [0.1, 0.15) is 12.4 Å². The third kappa shape index (κ3) is 8.32. The summed E-state index contributed by atoms with van der Waals surface area (Å²) in [5.41, 5.74) is 4.42. The van der Waals surface area contributed by atoms with Crippen molar-refractivity contribution < 1.29 is 42.6 Å². The second-order valence-corrected chi connectivity index (χ2v) is 9.91. The molecule has 0 radical (unpaired) electrons. The number of halogens is 3. The number of thioether (sulfide) groups is 1. The van der Waals surface area contributed by atoms with Gasteiger partial charge in [-0.05, 0) is 55.5 Å². The zero-order valence-electron chi connectivity index (χ0n) is 20.7. The number of carboxylic acids is 1. The highest BCUT2D eigenvalue weighted by Crippen LogP contribution is 2.31. The molecule has 1 aliphatic heterocycles. The number of carbonyl (C=O) groups is 3. The van der Waals surface area contributed by atoms with Crippen molar-refractivity contribution in [3.05, 3.63) is 71.4 Å². The number of aliphatic carboxylic acids is 1. The highest BCUT2D eigenvalue weighted by atomic mass is 32.2. The number of carbonyl (C=O) groups excluding carboxylic acids is 2. The first-order valence-corrected chi connectivity index (χ1v) is 12.8. The molecule has 0 aliphatic carbocycles. The number of nitrogens with zero attached hydrogens (tertiary/aromatic N) is 1. The largest absolute Gasteiger partial charge is 0.490 e. The van der Waals surface area contributed by atoms with Crippen LogP contribution in [0.5, 0.6) is 5.75 Å². The van der Waals surface area contributed by atoms with E-state index in [1.807, 2.05) is 37.3 Å². The summed E-state index contributed by atoms with van der Waals surface area (Å²) in [5.74, 6) is -1.36. The Balaban J connectivity index is 0.000000532. The minimum atomic E-state index is -5.08. The third-order valence-corrected chi connectivity index (χ3v) is 7.04. The molecule has 13 heteroatoms. The Labute approximate surface area is 225 Å². The molecule has 39 heavy (non-hydrogen) atoms. The second kappa shape index (κ2) is 12.8. The van der Waals surface area contributed by atoms with E-state index in [0.29, 0.717) is 30.1 Å². The SMILES string of the molecule is Cc1cc(COc2ccc(C(=O)N[C@@]3(CC(=O)NO)CCSC3)cc2)c2ccccc2n1.O=C(O)C(F)(F)F. The molecule has 208 valence electrons. The number of benzene rings is 2. The number of fused-ring (bicyclic) bond motifs is 1. The summed E-state index contributed by atoms with van der Waals surface area (Å²) in [7, 11) is 0. The Morgan fingerprint density at radius 2 is 1.79 bits per heavy atom. The van der Waals surface area contributed by atoms with Gasteiger partial charge in [0.2, 0.25) is 5.91 Å². The van der Waals surface area contributed by atoms with E-state index in [4.69, 9.17) is 19.8 Å². The number of hydrogen-bond acceptors (Lipinski definition) is 7. The second-order valence-electron chi connectivity index (χ2n) is 8.80. The number of alkyl halides is 3. The molecular weight excluding hydrogens is 539 g/mol. The molecule has 1 fully saturated rings. The fourth-order valence-electron chi connectivity index (χ4n) is 3.93. The number of para-hydroxylation sites is 1. The van der Waals surface area contributed by atoms with Crippen molar-refractivity contribution in [2.24, 2.45) is 0 Å². The van der Waals surface area contributed by atoms with Crippen LogP contribution in [0, 0.1) is 6.92 Å². The number of carboxylic acid groups (broad SMARTS) is 1. The number of hydrogen-bond donors (Lipinski definition) is 4. The number of amides is 2. The molecule has 3 aromatic rings.